The van der Waals surface area contributed by atoms with Gasteiger partial charge in [0.05, 0.1) is 17.8 Å². The molecule has 144 valence electrons. The van der Waals surface area contributed by atoms with Crippen LogP contribution in [0.5, 0.6) is 11.5 Å². The van der Waals surface area contributed by atoms with Crippen molar-refractivity contribution < 1.29 is 19.1 Å². The number of anilines is 1. The molecule has 0 aliphatic carbocycles. The van der Waals surface area contributed by atoms with Crippen LogP contribution in [-0.2, 0) is 9.59 Å². The van der Waals surface area contributed by atoms with Crippen molar-refractivity contribution in [3.8, 4) is 17.6 Å². The Bertz CT molecular complexity index is 951. The van der Waals surface area contributed by atoms with Crippen molar-refractivity contribution in [3.05, 3.63) is 58.6 Å². The third-order valence-corrected chi connectivity index (χ3v) is 3.93. The molecular weight excluding hydrogens is 382 g/mol. The molecule has 2 aromatic carbocycles. The second kappa shape index (κ2) is 10.00. The molecule has 0 bridgehead atoms. The van der Waals surface area contributed by atoms with Gasteiger partial charge in [0.1, 0.15) is 11.6 Å². The molecule has 0 saturated carbocycles. The molecule has 0 spiro atoms. The van der Waals surface area contributed by atoms with Crippen molar-refractivity contribution in [2.24, 2.45) is 0 Å². The van der Waals surface area contributed by atoms with Gasteiger partial charge in [-0.3, -0.25) is 9.59 Å². The van der Waals surface area contributed by atoms with E-state index in [9.17, 15) is 9.59 Å². The lowest BCUT2D eigenvalue weighted by atomic mass is 10.1. The Hall–Kier alpha value is -3.50. The summed E-state index contributed by atoms with van der Waals surface area (Å²) in [6, 6.07) is 13.5. The number of nitriles is 1. The van der Waals surface area contributed by atoms with E-state index in [-0.39, 0.29) is 18.1 Å². The molecule has 0 aliphatic heterocycles. The lowest BCUT2D eigenvalue weighted by molar-refractivity contribution is -0.118. The van der Waals surface area contributed by atoms with Gasteiger partial charge in [-0.25, -0.2) is 0 Å². The van der Waals surface area contributed by atoms with Gasteiger partial charge in [0.2, 0.25) is 0 Å². The second-order valence-electron chi connectivity index (χ2n) is 5.48. The highest BCUT2D eigenvalue weighted by atomic mass is 35.5. The number of para-hydroxylation sites is 1. The number of carbonyl (C=O) groups is 2. The number of amides is 2. The molecule has 0 aliphatic rings. The maximum Gasteiger partial charge on any atom is 0.262 e. The minimum absolute atomic E-state index is 0.0441. The Kier molecular flexibility index (Phi) is 7.43. The number of halogens is 1. The first-order chi connectivity index (χ1) is 13.5. The first kappa shape index (κ1) is 20.8. The molecule has 2 rings (SSSR count). The van der Waals surface area contributed by atoms with Gasteiger partial charge in [0, 0.05) is 7.05 Å². The molecule has 0 radical (unpaired) electrons. The van der Waals surface area contributed by atoms with Crippen molar-refractivity contribution in [2.45, 2.75) is 0 Å². The molecular formula is C20H18ClN3O4. The number of likely N-dealkylation sites (N-methyl/N-ethyl adjacent to an activating group) is 1. The van der Waals surface area contributed by atoms with E-state index in [0.29, 0.717) is 27.8 Å². The van der Waals surface area contributed by atoms with E-state index in [0.717, 1.165) is 0 Å². The molecule has 0 atom stereocenters. The van der Waals surface area contributed by atoms with E-state index in [1.54, 1.807) is 42.5 Å². The molecule has 0 fully saturated rings. The molecule has 8 heteroatoms. The third kappa shape index (κ3) is 5.50. The van der Waals surface area contributed by atoms with E-state index in [1.165, 1.54) is 20.2 Å². The van der Waals surface area contributed by atoms with Crippen molar-refractivity contribution in [2.75, 3.05) is 26.1 Å². The molecule has 2 N–H and O–H groups in total. The van der Waals surface area contributed by atoms with Gasteiger partial charge in [-0.2, -0.15) is 5.26 Å². The summed E-state index contributed by atoms with van der Waals surface area (Å²) in [5.74, 6) is -0.176. The van der Waals surface area contributed by atoms with Gasteiger partial charge in [-0.1, -0.05) is 29.8 Å². The van der Waals surface area contributed by atoms with Crippen LogP contribution in [0.3, 0.4) is 0 Å². The van der Waals surface area contributed by atoms with Crippen molar-refractivity contribution >= 4 is 35.2 Å². The highest BCUT2D eigenvalue weighted by molar-refractivity contribution is 6.33. The second-order valence-corrected chi connectivity index (χ2v) is 5.88. The van der Waals surface area contributed by atoms with Gasteiger partial charge in [0.25, 0.3) is 11.8 Å². The van der Waals surface area contributed by atoms with Crippen LogP contribution >= 0.6 is 11.6 Å². The number of carbonyl (C=O) groups excluding carboxylic acids is 2. The number of methoxy groups -OCH3 is 1. The zero-order valence-corrected chi connectivity index (χ0v) is 16.0. The van der Waals surface area contributed by atoms with Crippen LogP contribution in [0.4, 0.5) is 5.69 Å². The van der Waals surface area contributed by atoms with Gasteiger partial charge >= 0.3 is 0 Å². The van der Waals surface area contributed by atoms with Crippen LogP contribution in [0, 0.1) is 11.3 Å². The van der Waals surface area contributed by atoms with E-state index in [2.05, 4.69) is 10.6 Å². The molecule has 2 amide bonds. The standard InChI is InChI=1S/C20H18ClN3O4/c1-23-20(26)14(11-22)9-13-7-8-17(18(10-13)27-2)28-12-19(25)24-16-6-4-3-5-15(16)21/h3-10H,12H2,1-2H3,(H,23,26)(H,24,25)/b14-9+. The maximum absolute atomic E-state index is 12.1. The van der Waals surface area contributed by atoms with Crippen LogP contribution in [-0.4, -0.2) is 32.6 Å². The number of hydrogen-bond acceptors (Lipinski definition) is 5. The largest absolute Gasteiger partial charge is 0.493 e. The van der Waals surface area contributed by atoms with E-state index < -0.39 is 5.91 Å². The quantitative estimate of drug-likeness (QED) is 0.550. The fraction of sp³-hybridized carbons (Fsp3) is 0.150. The zero-order valence-electron chi connectivity index (χ0n) is 15.3. The van der Waals surface area contributed by atoms with Crippen LogP contribution in [0.2, 0.25) is 5.02 Å². The first-order valence-electron chi connectivity index (χ1n) is 8.17. The fourth-order valence-corrected chi connectivity index (χ4v) is 2.42. The summed E-state index contributed by atoms with van der Waals surface area (Å²) in [7, 11) is 2.89. The highest BCUT2D eigenvalue weighted by Crippen LogP contribution is 2.29. The van der Waals surface area contributed by atoms with Crippen molar-refractivity contribution in [1.82, 2.24) is 5.32 Å². The summed E-state index contributed by atoms with van der Waals surface area (Å²) in [5.41, 5.74) is 1.02. The summed E-state index contributed by atoms with van der Waals surface area (Å²) in [6.45, 7) is -0.252. The Morgan fingerprint density at radius 3 is 2.61 bits per heavy atom. The summed E-state index contributed by atoms with van der Waals surface area (Å²) in [5, 5.41) is 14.5. The van der Waals surface area contributed by atoms with Gasteiger partial charge in [-0.15, -0.1) is 0 Å². The van der Waals surface area contributed by atoms with Crippen molar-refractivity contribution in [3.63, 3.8) is 0 Å². The maximum atomic E-state index is 12.1. The predicted octanol–water partition coefficient (Wildman–Crippen LogP) is 3.02. The molecule has 7 nitrogen and oxygen atoms in total. The van der Waals surface area contributed by atoms with Crippen LogP contribution in [0.15, 0.2) is 48.0 Å². The Morgan fingerprint density at radius 1 is 1.21 bits per heavy atom. The lowest BCUT2D eigenvalue weighted by Crippen LogP contribution is -2.20. The minimum atomic E-state index is -0.488. The normalized spacial score (nSPS) is 10.6. The van der Waals surface area contributed by atoms with Crippen LogP contribution in [0.25, 0.3) is 6.08 Å². The van der Waals surface area contributed by atoms with E-state index in [4.69, 9.17) is 26.3 Å². The number of hydrogen-bond donors (Lipinski definition) is 2. The lowest BCUT2D eigenvalue weighted by Gasteiger charge is -2.12. The topological polar surface area (TPSA) is 100 Å². The molecule has 0 heterocycles. The number of nitrogens with one attached hydrogen (secondary N) is 2. The van der Waals surface area contributed by atoms with Gasteiger partial charge in [-0.05, 0) is 35.9 Å². The fourth-order valence-electron chi connectivity index (χ4n) is 2.24. The number of ether oxygens (including phenoxy) is 2. The average Bonchev–Trinajstić information content (AvgIpc) is 2.71. The number of benzene rings is 2. The molecule has 28 heavy (non-hydrogen) atoms. The van der Waals surface area contributed by atoms with Gasteiger partial charge in [0.15, 0.2) is 18.1 Å². The van der Waals surface area contributed by atoms with Crippen molar-refractivity contribution in [1.29, 1.82) is 5.26 Å². The first-order valence-corrected chi connectivity index (χ1v) is 8.55. The predicted molar refractivity (Wildman–Crippen MR) is 106 cm³/mol. The van der Waals surface area contributed by atoms with E-state index >= 15 is 0 Å². The molecule has 2 aromatic rings. The average molecular weight is 400 g/mol. The smallest absolute Gasteiger partial charge is 0.262 e. The number of rotatable bonds is 7. The monoisotopic (exact) mass is 399 g/mol. The van der Waals surface area contributed by atoms with Gasteiger partial charge < -0.3 is 20.1 Å². The third-order valence-electron chi connectivity index (χ3n) is 3.60. The molecule has 0 saturated heterocycles. The minimum Gasteiger partial charge on any atom is -0.493 e. The zero-order chi connectivity index (χ0) is 20.5. The summed E-state index contributed by atoms with van der Waals surface area (Å²) in [6.07, 6.45) is 1.43. The summed E-state index contributed by atoms with van der Waals surface area (Å²) in [4.78, 5) is 23.7. The van der Waals surface area contributed by atoms with E-state index in [1.807, 2.05) is 6.07 Å². The summed E-state index contributed by atoms with van der Waals surface area (Å²) < 4.78 is 10.8. The molecule has 0 aromatic heterocycles. The Morgan fingerprint density at radius 2 is 1.96 bits per heavy atom. The summed E-state index contributed by atoms with van der Waals surface area (Å²) >= 11 is 6.00. The SMILES string of the molecule is CNC(=O)/C(C#N)=C/c1ccc(OCC(=O)Nc2ccccc2Cl)c(OC)c1. The van der Waals surface area contributed by atoms with Crippen LogP contribution < -0.4 is 20.1 Å². The molecule has 0 unspecified atom stereocenters. The Labute approximate surface area is 167 Å². The highest BCUT2D eigenvalue weighted by Gasteiger charge is 2.11. The van der Waals surface area contributed by atoms with Crippen LogP contribution in [0.1, 0.15) is 5.56 Å². The Balaban J connectivity index is 2.09. The number of nitrogens with zero attached hydrogens (tertiary/aromatic N) is 1.